The third-order valence-electron chi connectivity index (χ3n) is 6.45. The fraction of sp³-hybridized carbons (Fsp3) is 0.357. The Morgan fingerprint density at radius 2 is 1.81 bits per heavy atom. The van der Waals surface area contributed by atoms with E-state index in [4.69, 9.17) is 9.47 Å². The summed E-state index contributed by atoms with van der Waals surface area (Å²) in [5.41, 5.74) is 2.68. The summed E-state index contributed by atoms with van der Waals surface area (Å²) in [5, 5.41) is 11.7. The number of nitrogens with zero attached hydrogens (tertiary/aromatic N) is 1. The summed E-state index contributed by atoms with van der Waals surface area (Å²) >= 11 is 0. The maximum atomic E-state index is 13.4. The van der Waals surface area contributed by atoms with Crippen LogP contribution in [0.4, 0.5) is 0 Å². The number of methoxy groups -OCH3 is 2. The molecule has 2 heterocycles. The number of amides is 1. The average molecular weight is 505 g/mol. The zero-order valence-electron chi connectivity index (χ0n) is 21.5. The van der Waals surface area contributed by atoms with Crippen LogP contribution < -0.4 is 10.1 Å². The van der Waals surface area contributed by atoms with E-state index < -0.39 is 17.9 Å². The number of benzene rings is 2. The third kappa shape index (κ3) is 5.82. The number of fused-ring (bicyclic) bond motifs is 2. The lowest BCUT2D eigenvalue weighted by Gasteiger charge is -2.22. The molecule has 2 atom stereocenters. The lowest BCUT2D eigenvalue weighted by molar-refractivity contribution is -0.145. The number of H-pyrrole nitrogens is 2. The maximum absolute atomic E-state index is 13.4. The first-order valence-electron chi connectivity index (χ1n) is 12.3. The number of para-hydroxylation sites is 1. The lowest BCUT2D eigenvalue weighted by Crippen LogP contribution is -2.46. The number of carbonyl (C=O) groups excluding carboxylic acids is 3. The molecule has 0 fully saturated rings. The van der Waals surface area contributed by atoms with Crippen molar-refractivity contribution in [2.45, 2.75) is 39.2 Å². The van der Waals surface area contributed by atoms with Gasteiger partial charge in [-0.1, -0.05) is 38.1 Å². The Morgan fingerprint density at radius 3 is 2.54 bits per heavy atom. The van der Waals surface area contributed by atoms with E-state index in [1.807, 2.05) is 56.3 Å². The molecule has 9 nitrogen and oxygen atoms in total. The van der Waals surface area contributed by atoms with Gasteiger partial charge in [-0.05, 0) is 36.6 Å². The quantitative estimate of drug-likeness (QED) is 0.208. The SMILES string of the molecule is COC(=O)C(Cc1[nH]nc2ccccc12)NC(=O)[C@@H](CC(=O)c1cc2c(OC)cccc2[nH]1)CC(C)C. The Balaban J connectivity index is 1.53. The molecule has 2 aromatic carbocycles. The van der Waals surface area contributed by atoms with E-state index in [9.17, 15) is 14.4 Å². The largest absolute Gasteiger partial charge is 0.496 e. The molecule has 1 amide bonds. The molecule has 4 rings (SSSR count). The third-order valence-corrected chi connectivity index (χ3v) is 6.45. The van der Waals surface area contributed by atoms with Crippen LogP contribution in [0.5, 0.6) is 5.75 Å². The number of hydrogen-bond donors (Lipinski definition) is 3. The molecule has 0 aliphatic rings. The van der Waals surface area contributed by atoms with Gasteiger partial charge in [0, 0.05) is 40.7 Å². The number of Topliss-reactive ketones (excluding diaryl/α,β-unsaturated/α-hetero) is 1. The van der Waals surface area contributed by atoms with Crippen LogP contribution in [-0.4, -0.2) is 53.1 Å². The highest BCUT2D eigenvalue weighted by Gasteiger charge is 2.30. The minimum Gasteiger partial charge on any atom is -0.496 e. The minimum atomic E-state index is -0.927. The molecular formula is C28H32N4O5. The molecule has 0 saturated heterocycles. The van der Waals surface area contributed by atoms with Crippen LogP contribution in [0, 0.1) is 11.8 Å². The number of aromatic nitrogens is 3. The lowest BCUT2D eigenvalue weighted by atomic mass is 9.90. The summed E-state index contributed by atoms with van der Waals surface area (Å²) in [6, 6.07) is 13.9. The molecule has 0 saturated carbocycles. The number of ketones is 1. The van der Waals surface area contributed by atoms with Crippen LogP contribution >= 0.6 is 0 Å². The van der Waals surface area contributed by atoms with Crippen molar-refractivity contribution in [2.75, 3.05) is 14.2 Å². The minimum absolute atomic E-state index is 0.0000313. The predicted octanol–water partition coefficient (Wildman–Crippen LogP) is 4.19. The van der Waals surface area contributed by atoms with Crippen molar-refractivity contribution in [2.24, 2.45) is 11.8 Å². The molecule has 0 bridgehead atoms. The number of hydrogen-bond acceptors (Lipinski definition) is 6. The predicted molar refractivity (Wildman–Crippen MR) is 140 cm³/mol. The standard InChI is InChI=1S/C28H32N4O5/c1-16(2)12-17(13-25(33)23-14-19-20(29-23)10-7-11-26(19)36-3)27(34)30-24(28(35)37-4)15-22-18-8-5-6-9-21(18)31-32-22/h5-11,14,16-17,24,29H,12-13,15H2,1-4H3,(H,30,34)(H,31,32)/t17-,24?/m1/s1. The van der Waals surface area contributed by atoms with Crippen LogP contribution in [-0.2, 0) is 20.7 Å². The van der Waals surface area contributed by atoms with Crippen LogP contribution in [0.25, 0.3) is 21.8 Å². The summed E-state index contributed by atoms with van der Waals surface area (Å²) in [6.45, 7) is 3.99. The van der Waals surface area contributed by atoms with Gasteiger partial charge in [0.1, 0.15) is 11.8 Å². The molecule has 1 unspecified atom stereocenters. The van der Waals surface area contributed by atoms with Crippen molar-refractivity contribution >= 4 is 39.5 Å². The molecule has 0 spiro atoms. The summed E-state index contributed by atoms with van der Waals surface area (Å²) in [7, 11) is 2.86. The van der Waals surface area contributed by atoms with Gasteiger partial charge in [-0.3, -0.25) is 14.7 Å². The zero-order chi connectivity index (χ0) is 26.5. The van der Waals surface area contributed by atoms with Gasteiger partial charge in [0.25, 0.3) is 0 Å². The molecule has 2 aromatic heterocycles. The van der Waals surface area contributed by atoms with Gasteiger partial charge < -0.3 is 19.8 Å². The second kappa shape index (κ2) is 11.3. The van der Waals surface area contributed by atoms with Gasteiger partial charge in [0.15, 0.2) is 5.78 Å². The fourth-order valence-corrected chi connectivity index (χ4v) is 4.64. The molecule has 4 aromatic rings. The Bertz CT molecular complexity index is 1420. The van der Waals surface area contributed by atoms with Crippen molar-refractivity contribution in [3.05, 3.63) is 59.9 Å². The smallest absolute Gasteiger partial charge is 0.328 e. The van der Waals surface area contributed by atoms with Crippen LogP contribution in [0.2, 0.25) is 0 Å². The van der Waals surface area contributed by atoms with Crippen molar-refractivity contribution in [3.63, 3.8) is 0 Å². The monoisotopic (exact) mass is 504 g/mol. The molecule has 37 heavy (non-hydrogen) atoms. The van der Waals surface area contributed by atoms with E-state index in [-0.39, 0.29) is 30.4 Å². The number of carbonyl (C=O) groups is 3. The van der Waals surface area contributed by atoms with E-state index >= 15 is 0 Å². The van der Waals surface area contributed by atoms with E-state index in [0.717, 1.165) is 27.5 Å². The van der Waals surface area contributed by atoms with Crippen molar-refractivity contribution < 1.29 is 23.9 Å². The first-order valence-corrected chi connectivity index (χ1v) is 12.3. The Kier molecular flexibility index (Phi) is 7.91. The van der Waals surface area contributed by atoms with E-state index in [2.05, 4.69) is 20.5 Å². The van der Waals surface area contributed by atoms with E-state index in [0.29, 0.717) is 17.9 Å². The molecule has 0 aliphatic carbocycles. The first kappa shape index (κ1) is 25.9. The highest BCUT2D eigenvalue weighted by Crippen LogP contribution is 2.28. The molecule has 0 aliphatic heterocycles. The summed E-state index contributed by atoms with van der Waals surface area (Å²) < 4.78 is 10.4. The highest BCUT2D eigenvalue weighted by molar-refractivity contribution is 6.02. The highest BCUT2D eigenvalue weighted by atomic mass is 16.5. The fourth-order valence-electron chi connectivity index (χ4n) is 4.64. The summed E-state index contributed by atoms with van der Waals surface area (Å²) in [5.74, 6) is -0.907. The number of nitrogens with one attached hydrogen (secondary N) is 3. The Morgan fingerprint density at radius 1 is 1.03 bits per heavy atom. The number of ether oxygens (including phenoxy) is 2. The topological polar surface area (TPSA) is 126 Å². The van der Waals surface area contributed by atoms with Gasteiger partial charge in [-0.25, -0.2) is 4.79 Å². The molecular weight excluding hydrogens is 472 g/mol. The van der Waals surface area contributed by atoms with Gasteiger partial charge in [-0.15, -0.1) is 0 Å². The summed E-state index contributed by atoms with van der Waals surface area (Å²) in [4.78, 5) is 42.4. The number of aromatic amines is 2. The average Bonchev–Trinajstić information content (AvgIpc) is 3.51. The van der Waals surface area contributed by atoms with Crippen molar-refractivity contribution in [1.82, 2.24) is 20.5 Å². The second-order valence-corrected chi connectivity index (χ2v) is 9.57. The van der Waals surface area contributed by atoms with E-state index in [1.165, 1.54) is 7.11 Å². The van der Waals surface area contributed by atoms with Gasteiger partial charge in [0.2, 0.25) is 5.91 Å². The maximum Gasteiger partial charge on any atom is 0.328 e. The van der Waals surface area contributed by atoms with Crippen LogP contribution in [0.15, 0.2) is 48.5 Å². The molecule has 194 valence electrons. The Hall–Kier alpha value is -4.14. The molecule has 9 heteroatoms. The second-order valence-electron chi connectivity index (χ2n) is 9.57. The molecule has 0 radical (unpaired) electrons. The van der Waals surface area contributed by atoms with Gasteiger partial charge in [-0.2, -0.15) is 5.10 Å². The van der Waals surface area contributed by atoms with E-state index in [1.54, 1.807) is 13.2 Å². The number of esters is 1. The van der Waals surface area contributed by atoms with Crippen molar-refractivity contribution in [3.8, 4) is 5.75 Å². The molecule has 3 N–H and O–H groups in total. The number of rotatable bonds is 11. The van der Waals surface area contributed by atoms with Crippen LogP contribution in [0.3, 0.4) is 0 Å². The normalized spacial score (nSPS) is 13.0. The van der Waals surface area contributed by atoms with Gasteiger partial charge >= 0.3 is 5.97 Å². The summed E-state index contributed by atoms with van der Waals surface area (Å²) in [6.07, 6.45) is 0.672. The van der Waals surface area contributed by atoms with Crippen LogP contribution in [0.1, 0.15) is 42.9 Å². The van der Waals surface area contributed by atoms with Crippen molar-refractivity contribution in [1.29, 1.82) is 0 Å². The zero-order valence-corrected chi connectivity index (χ0v) is 21.5. The van der Waals surface area contributed by atoms with Gasteiger partial charge in [0.05, 0.1) is 25.4 Å². The first-order chi connectivity index (χ1) is 17.8. The Labute approximate surface area is 214 Å².